The number of thioether (sulfide) groups is 1. The first kappa shape index (κ1) is 16.3. The Morgan fingerprint density at radius 1 is 1.32 bits per heavy atom. The van der Waals surface area contributed by atoms with Crippen LogP contribution < -0.4 is 11.1 Å². The zero-order valence-electron chi connectivity index (χ0n) is 11.8. The molecule has 2 rings (SSSR count). The Kier molecular flexibility index (Phi) is 5.41. The summed E-state index contributed by atoms with van der Waals surface area (Å²) in [6, 6.07) is 8.04. The average Bonchev–Trinajstić information content (AvgIpc) is 2.50. The highest BCUT2D eigenvalue weighted by molar-refractivity contribution is 7.99. The highest BCUT2D eigenvalue weighted by Crippen LogP contribution is 2.21. The second kappa shape index (κ2) is 7.29. The molecule has 0 saturated heterocycles. The fourth-order valence-corrected chi connectivity index (χ4v) is 2.54. The Morgan fingerprint density at radius 3 is 2.68 bits per heavy atom. The summed E-state index contributed by atoms with van der Waals surface area (Å²) in [6.45, 7) is 2.03. The van der Waals surface area contributed by atoms with Crippen LogP contribution in [0.3, 0.4) is 0 Å². The predicted molar refractivity (Wildman–Crippen MR) is 88.6 cm³/mol. The molecule has 1 aromatic heterocycles. The molecule has 7 heteroatoms. The Morgan fingerprint density at radius 2 is 2.09 bits per heavy atom. The van der Waals surface area contributed by atoms with E-state index in [1.54, 1.807) is 30.0 Å². The van der Waals surface area contributed by atoms with Crippen LogP contribution in [-0.4, -0.2) is 22.6 Å². The molecule has 0 radical (unpaired) electrons. The molecule has 5 nitrogen and oxygen atoms in total. The van der Waals surface area contributed by atoms with E-state index >= 15 is 0 Å². The fourth-order valence-electron chi connectivity index (χ4n) is 1.74. The molecular weight excluding hydrogens is 322 g/mol. The van der Waals surface area contributed by atoms with Crippen molar-refractivity contribution in [2.45, 2.75) is 11.9 Å². The number of primary amides is 1. The largest absolute Gasteiger partial charge is 0.366 e. The third-order valence-electron chi connectivity index (χ3n) is 2.78. The molecule has 0 saturated carbocycles. The summed E-state index contributed by atoms with van der Waals surface area (Å²) < 4.78 is 0. The van der Waals surface area contributed by atoms with E-state index in [9.17, 15) is 9.59 Å². The summed E-state index contributed by atoms with van der Waals surface area (Å²) in [6.07, 6.45) is 1.51. The minimum Gasteiger partial charge on any atom is -0.366 e. The van der Waals surface area contributed by atoms with Gasteiger partial charge >= 0.3 is 0 Å². The lowest BCUT2D eigenvalue weighted by atomic mass is 10.2. The van der Waals surface area contributed by atoms with Gasteiger partial charge in [0.05, 0.1) is 21.2 Å². The molecule has 0 aliphatic carbocycles. The van der Waals surface area contributed by atoms with E-state index in [2.05, 4.69) is 10.3 Å². The Labute approximate surface area is 137 Å². The quantitative estimate of drug-likeness (QED) is 0.822. The number of carbonyl (C=O) groups excluding carboxylic acids is 2. The first-order valence-corrected chi connectivity index (χ1v) is 7.87. The van der Waals surface area contributed by atoms with Crippen LogP contribution in [0.4, 0.5) is 5.69 Å². The van der Waals surface area contributed by atoms with E-state index in [1.807, 2.05) is 6.92 Å². The maximum Gasteiger partial charge on any atom is 0.257 e. The van der Waals surface area contributed by atoms with Crippen molar-refractivity contribution in [3.8, 4) is 0 Å². The normalized spacial score (nSPS) is 10.3. The SMILES string of the molecule is CCSc1ccc(C(=O)Nc2ccc(Cl)c(C(N)=O)c2)cn1. The molecule has 0 bridgehead atoms. The third kappa shape index (κ3) is 3.99. The van der Waals surface area contributed by atoms with Crippen molar-refractivity contribution in [1.29, 1.82) is 0 Å². The van der Waals surface area contributed by atoms with E-state index in [-0.39, 0.29) is 16.5 Å². The number of hydrogen-bond acceptors (Lipinski definition) is 4. The highest BCUT2D eigenvalue weighted by atomic mass is 35.5. The van der Waals surface area contributed by atoms with Crippen molar-refractivity contribution in [3.05, 3.63) is 52.7 Å². The Hall–Kier alpha value is -2.05. The zero-order valence-corrected chi connectivity index (χ0v) is 13.4. The number of hydrogen-bond donors (Lipinski definition) is 2. The van der Waals surface area contributed by atoms with Gasteiger partial charge in [-0.3, -0.25) is 9.59 Å². The lowest BCUT2D eigenvalue weighted by Gasteiger charge is -2.08. The van der Waals surface area contributed by atoms with Gasteiger partial charge < -0.3 is 11.1 Å². The number of aromatic nitrogens is 1. The molecule has 2 amide bonds. The van der Waals surface area contributed by atoms with Gasteiger partial charge in [-0.05, 0) is 36.1 Å². The van der Waals surface area contributed by atoms with E-state index in [0.29, 0.717) is 11.3 Å². The summed E-state index contributed by atoms with van der Waals surface area (Å²) in [5, 5.41) is 3.79. The monoisotopic (exact) mass is 335 g/mol. The van der Waals surface area contributed by atoms with E-state index in [1.165, 1.54) is 18.3 Å². The van der Waals surface area contributed by atoms with Crippen LogP contribution in [0.25, 0.3) is 0 Å². The van der Waals surface area contributed by atoms with Gasteiger partial charge in [0.25, 0.3) is 5.91 Å². The summed E-state index contributed by atoms with van der Waals surface area (Å²) in [4.78, 5) is 27.6. The van der Waals surface area contributed by atoms with Crippen LogP contribution in [0.2, 0.25) is 5.02 Å². The van der Waals surface area contributed by atoms with E-state index in [4.69, 9.17) is 17.3 Å². The molecular formula is C15H14ClN3O2S. The molecule has 0 unspecified atom stereocenters. The van der Waals surface area contributed by atoms with Gasteiger partial charge in [0.15, 0.2) is 0 Å². The molecule has 0 aliphatic rings. The molecule has 1 heterocycles. The van der Waals surface area contributed by atoms with Gasteiger partial charge in [0.1, 0.15) is 0 Å². The number of benzene rings is 1. The second-order valence-corrected chi connectivity index (χ2v) is 6.02. The van der Waals surface area contributed by atoms with Gasteiger partial charge in [0.2, 0.25) is 5.91 Å². The summed E-state index contributed by atoms with van der Waals surface area (Å²) in [5.74, 6) is -0.0545. The summed E-state index contributed by atoms with van der Waals surface area (Å²) in [7, 11) is 0. The van der Waals surface area contributed by atoms with Gasteiger partial charge in [-0.1, -0.05) is 18.5 Å². The van der Waals surface area contributed by atoms with Crippen LogP contribution in [0.15, 0.2) is 41.6 Å². The predicted octanol–water partition coefficient (Wildman–Crippen LogP) is 3.20. The van der Waals surface area contributed by atoms with Crippen molar-refractivity contribution >= 4 is 40.9 Å². The number of amides is 2. The molecule has 1 aromatic carbocycles. The number of anilines is 1. The minimum absolute atomic E-state index is 0.160. The first-order valence-electron chi connectivity index (χ1n) is 6.51. The van der Waals surface area contributed by atoms with Gasteiger partial charge in [-0.25, -0.2) is 4.98 Å². The molecule has 22 heavy (non-hydrogen) atoms. The van der Waals surface area contributed by atoms with Crippen molar-refractivity contribution in [3.63, 3.8) is 0 Å². The standard InChI is InChI=1S/C15H14ClN3O2S/c1-2-22-13-6-3-9(8-18-13)15(21)19-10-4-5-12(16)11(7-10)14(17)20/h3-8H,2H2,1H3,(H2,17,20)(H,19,21). The minimum atomic E-state index is -0.649. The van der Waals surface area contributed by atoms with Crippen molar-refractivity contribution in [2.75, 3.05) is 11.1 Å². The number of carbonyl (C=O) groups is 2. The molecule has 2 aromatic rings. The van der Waals surface area contributed by atoms with Gasteiger partial charge in [0, 0.05) is 11.9 Å². The molecule has 114 valence electrons. The fraction of sp³-hybridized carbons (Fsp3) is 0.133. The maximum absolute atomic E-state index is 12.1. The van der Waals surface area contributed by atoms with Crippen molar-refractivity contribution < 1.29 is 9.59 Å². The molecule has 0 atom stereocenters. The second-order valence-electron chi connectivity index (χ2n) is 4.33. The molecule has 0 spiro atoms. The number of rotatable bonds is 5. The Balaban J connectivity index is 2.14. The molecule has 0 fully saturated rings. The number of pyridine rings is 1. The average molecular weight is 336 g/mol. The highest BCUT2D eigenvalue weighted by Gasteiger charge is 2.11. The lowest BCUT2D eigenvalue weighted by molar-refractivity contribution is 0.0996. The van der Waals surface area contributed by atoms with Crippen molar-refractivity contribution in [2.24, 2.45) is 5.73 Å². The smallest absolute Gasteiger partial charge is 0.257 e. The van der Waals surface area contributed by atoms with Crippen LogP contribution in [0.5, 0.6) is 0 Å². The first-order chi connectivity index (χ1) is 10.5. The van der Waals surface area contributed by atoms with Crippen molar-refractivity contribution in [1.82, 2.24) is 4.98 Å². The Bertz CT molecular complexity index is 704. The number of nitrogens with one attached hydrogen (secondary N) is 1. The summed E-state index contributed by atoms with van der Waals surface area (Å²) in [5.41, 5.74) is 6.25. The number of nitrogens with zero attached hydrogens (tertiary/aromatic N) is 1. The summed E-state index contributed by atoms with van der Waals surface area (Å²) >= 11 is 7.46. The van der Waals surface area contributed by atoms with E-state index in [0.717, 1.165) is 10.8 Å². The third-order valence-corrected chi connectivity index (χ3v) is 3.94. The maximum atomic E-state index is 12.1. The van der Waals surface area contributed by atoms with Crippen LogP contribution in [0.1, 0.15) is 27.6 Å². The number of nitrogens with two attached hydrogens (primary N) is 1. The van der Waals surface area contributed by atoms with Crippen LogP contribution >= 0.6 is 23.4 Å². The van der Waals surface area contributed by atoms with Gasteiger partial charge in [-0.15, -0.1) is 11.8 Å². The van der Waals surface area contributed by atoms with Crippen LogP contribution in [-0.2, 0) is 0 Å². The molecule has 0 aliphatic heterocycles. The number of halogens is 1. The van der Waals surface area contributed by atoms with Crippen LogP contribution in [0, 0.1) is 0 Å². The van der Waals surface area contributed by atoms with E-state index < -0.39 is 5.91 Å². The van der Waals surface area contributed by atoms with Gasteiger partial charge in [-0.2, -0.15) is 0 Å². The molecule has 3 N–H and O–H groups in total. The zero-order chi connectivity index (χ0) is 16.1. The lowest BCUT2D eigenvalue weighted by Crippen LogP contribution is -2.15. The topological polar surface area (TPSA) is 85.1 Å².